The summed E-state index contributed by atoms with van der Waals surface area (Å²) in [6.45, 7) is 9.68. The molecule has 2 rings (SSSR count). The van der Waals surface area contributed by atoms with Crippen molar-refractivity contribution >= 4 is 22.4 Å². The number of carbonyl (C=O) groups excluding carboxylic acids is 1. The standard InChI is InChI=1S/C14H23N3O3S/c1-3-20-13(18)12-11(2)21-14(16-12)15-5-4-6-17-7-9-19-10-8-17/h3-10H2,1-2H3,(H,15,16). The normalized spacial score (nSPS) is 15.9. The summed E-state index contributed by atoms with van der Waals surface area (Å²) in [5.74, 6) is -0.340. The van der Waals surface area contributed by atoms with Crippen LogP contribution in [0.15, 0.2) is 0 Å². The number of rotatable bonds is 7. The Morgan fingerprint density at radius 2 is 2.24 bits per heavy atom. The van der Waals surface area contributed by atoms with Gasteiger partial charge in [0.1, 0.15) is 0 Å². The van der Waals surface area contributed by atoms with E-state index < -0.39 is 0 Å². The van der Waals surface area contributed by atoms with Crippen molar-refractivity contribution < 1.29 is 14.3 Å². The predicted molar refractivity (Wildman–Crippen MR) is 83.2 cm³/mol. The molecule has 0 unspecified atom stereocenters. The lowest BCUT2D eigenvalue weighted by Gasteiger charge is -2.26. The number of morpholine rings is 1. The topological polar surface area (TPSA) is 63.7 Å². The molecule has 21 heavy (non-hydrogen) atoms. The summed E-state index contributed by atoms with van der Waals surface area (Å²) >= 11 is 1.50. The molecular weight excluding hydrogens is 290 g/mol. The monoisotopic (exact) mass is 313 g/mol. The average molecular weight is 313 g/mol. The second kappa shape index (κ2) is 8.31. The number of thiazole rings is 1. The third-order valence-electron chi connectivity index (χ3n) is 3.30. The van der Waals surface area contributed by atoms with Crippen LogP contribution in [0.3, 0.4) is 0 Å². The molecular formula is C14H23N3O3S. The summed E-state index contributed by atoms with van der Waals surface area (Å²) in [5.41, 5.74) is 0.428. The van der Waals surface area contributed by atoms with Crippen molar-refractivity contribution in [1.29, 1.82) is 0 Å². The van der Waals surface area contributed by atoms with Gasteiger partial charge in [-0.25, -0.2) is 9.78 Å². The first-order valence-electron chi connectivity index (χ1n) is 7.39. The van der Waals surface area contributed by atoms with E-state index in [9.17, 15) is 4.79 Å². The van der Waals surface area contributed by atoms with Crippen LogP contribution >= 0.6 is 11.3 Å². The van der Waals surface area contributed by atoms with Gasteiger partial charge in [0, 0.05) is 24.5 Å². The van der Waals surface area contributed by atoms with Crippen molar-refractivity contribution in [2.24, 2.45) is 0 Å². The number of ether oxygens (including phenoxy) is 2. The number of nitrogens with zero attached hydrogens (tertiary/aromatic N) is 2. The Balaban J connectivity index is 1.73. The molecule has 0 spiro atoms. The highest BCUT2D eigenvalue weighted by molar-refractivity contribution is 7.15. The van der Waals surface area contributed by atoms with Gasteiger partial charge in [0.15, 0.2) is 10.8 Å². The van der Waals surface area contributed by atoms with Gasteiger partial charge in [-0.3, -0.25) is 4.90 Å². The minimum atomic E-state index is -0.340. The van der Waals surface area contributed by atoms with E-state index in [0.29, 0.717) is 12.3 Å². The number of carbonyl (C=O) groups is 1. The van der Waals surface area contributed by atoms with E-state index in [0.717, 1.165) is 55.8 Å². The Hall–Kier alpha value is -1.18. The third kappa shape index (κ3) is 4.94. The van der Waals surface area contributed by atoms with E-state index in [-0.39, 0.29) is 5.97 Å². The third-order valence-corrected chi connectivity index (χ3v) is 4.22. The van der Waals surface area contributed by atoms with Crippen LogP contribution in [0.5, 0.6) is 0 Å². The van der Waals surface area contributed by atoms with Crippen LogP contribution in [0.1, 0.15) is 28.7 Å². The number of aryl methyl sites for hydroxylation is 1. The SMILES string of the molecule is CCOC(=O)c1nc(NCCCN2CCOCC2)sc1C. The van der Waals surface area contributed by atoms with E-state index in [4.69, 9.17) is 9.47 Å². The van der Waals surface area contributed by atoms with Crippen molar-refractivity contribution in [2.45, 2.75) is 20.3 Å². The molecule has 1 aliphatic rings. The Kier molecular flexibility index (Phi) is 6.41. The fourth-order valence-corrected chi connectivity index (χ4v) is 3.01. The maximum absolute atomic E-state index is 11.7. The quantitative estimate of drug-likeness (QED) is 0.611. The van der Waals surface area contributed by atoms with Crippen LogP contribution in [0.2, 0.25) is 0 Å². The summed E-state index contributed by atoms with van der Waals surface area (Å²) in [5, 5.41) is 4.07. The van der Waals surface area contributed by atoms with Gasteiger partial charge in [-0.15, -0.1) is 11.3 Å². The van der Waals surface area contributed by atoms with Crippen molar-refractivity contribution in [1.82, 2.24) is 9.88 Å². The molecule has 0 aromatic carbocycles. The molecule has 0 amide bonds. The van der Waals surface area contributed by atoms with Crippen molar-refractivity contribution in [3.8, 4) is 0 Å². The predicted octanol–water partition coefficient (Wildman–Crippen LogP) is 1.76. The minimum absolute atomic E-state index is 0.340. The molecule has 0 radical (unpaired) electrons. The summed E-state index contributed by atoms with van der Waals surface area (Å²) in [6.07, 6.45) is 1.05. The molecule has 1 fully saturated rings. The van der Waals surface area contributed by atoms with E-state index in [1.807, 2.05) is 6.92 Å². The second-order valence-corrected chi connectivity index (χ2v) is 6.08. The van der Waals surface area contributed by atoms with Crippen molar-refractivity contribution in [3.05, 3.63) is 10.6 Å². The first-order chi connectivity index (χ1) is 10.2. The number of esters is 1. The molecule has 0 atom stereocenters. The first kappa shape index (κ1) is 16.2. The molecule has 0 saturated carbocycles. The maximum Gasteiger partial charge on any atom is 0.358 e. The zero-order chi connectivity index (χ0) is 15.1. The fraction of sp³-hybridized carbons (Fsp3) is 0.714. The molecule has 118 valence electrons. The van der Waals surface area contributed by atoms with Gasteiger partial charge in [0.2, 0.25) is 0 Å². The highest BCUT2D eigenvalue weighted by atomic mass is 32.1. The van der Waals surface area contributed by atoms with Gasteiger partial charge in [-0.05, 0) is 26.8 Å². The second-order valence-electron chi connectivity index (χ2n) is 4.88. The van der Waals surface area contributed by atoms with Crippen LogP contribution < -0.4 is 5.32 Å². The molecule has 7 heteroatoms. The minimum Gasteiger partial charge on any atom is -0.461 e. The lowest BCUT2D eigenvalue weighted by Crippen LogP contribution is -2.37. The summed E-state index contributed by atoms with van der Waals surface area (Å²) in [4.78, 5) is 19.3. The lowest BCUT2D eigenvalue weighted by atomic mass is 10.3. The maximum atomic E-state index is 11.7. The molecule has 1 N–H and O–H groups in total. The number of aromatic nitrogens is 1. The highest BCUT2D eigenvalue weighted by Crippen LogP contribution is 2.22. The molecule has 2 heterocycles. The van der Waals surface area contributed by atoms with Gasteiger partial charge >= 0.3 is 5.97 Å². The first-order valence-corrected chi connectivity index (χ1v) is 8.21. The van der Waals surface area contributed by atoms with Gasteiger partial charge in [0.25, 0.3) is 0 Å². The van der Waals surface area contributed by atoms with Crippen molar-refractivity contribution in [2.75, 3.05) is 51.3 Å². The van der Waals surface area contributed by atoms with Crippen LogP contribution in [-0.4, -0.2) is 61.9 Å². The zero-order valence-corrected chi connectivity index (χ0v) is 13.5. The fourth-order valence-electron chi connectivity index (χ4n) is 2.18. The van der Waals surface area contributed by atoms with E-state index in [1.165, 1.54) is 11.3 Å². The van der Waals surface area contributed by atoms with E-state index >= 15 is 0 Å². The smallest absolute Gasteiger partial charge is 0.358 e. The molecule has 1 saturated heterocycles. The Morgan fingerprint density at radius 1 is 1.48 bits per heavy atom. The Morgan fingerprint density at radius 3 is 2.95 bits per heavy atom. The zero-order valence-electron chi connectivity index (χ0n) is 12.7. The van der Waals surface area contributed by atoms with Gasteiger partial charge < -0.3 is 14.8 Å². The van der Waals surface area contributed by atoms with E-state index in [1.54, 1.807) is 6.92 Å². The number of hydrogen-bond donors (Lipinski definition) is 1. The number of anilines is 1. The lowest BCUT2D eigenvalue weighted by molar-refractivity contribution is 0.0378. The van der Waals surface area contributed by atoms with Crippen LogP contribution in [-0.2, 0) is 9.47 Å². The van der Waals surface area contributed by atoms with Gasteiger partial charge in [-0.1, -0.05) is 0 Å². The number of nitrogens with one attached hydrogen (secondary N) is 1. The molecule has 6 nitrogen and oxygen atoms in total. The van der Waals surface area contributed by atoms with Gasteiger partial charge in [-0.2, -0.15) is 0 Å². The van der Waals surface area contributed by atoms with Crippen LogP contribution in [0.25, 0.3) is 0 Å². The summed E-state index contributed by atoms with van der Waals surface area (Å²) in [7, 11) is 0. The summed E-state index contributed by atoms with van der Waals surface area (Å²) < 4.78 is 10.3. The molecule has 1 aromatic rings. The van der Waals surface area contributed by atoms with Crippen molar-refractivity contribution in [3.63, 3.8) is 0 Å². The van der Waals surface area contributed by atoms with E-state index in [2.05, 4.69) is 15.2 Å². The average Bonchev–Trinajstić information content (AvgIpc) is 2.86. The Labute approximate surface area is 129 Å². The summed E-state index contributed by atoms with van der Waals surface area (Å²) in [6, 6.07) is 0. The molecule has 1 aliphatic heterocycles. The highest BCUT2D eigenvalue weighted by Gasteiger charge is 2.16. The molecule has 0 aliphatic carbocycles. The van der Waals surface area contributed by atoms with Crippen LogP contribution in [0.4, 0.5) is 5.13 Å². The van der Waals surface area contributed by atoms with Gasteiger partial charge in [0.05, 0.1) is 19.8 Å². The van der Waals surface area contributed by atoms with Crippen LogP contribution in [0, 0.1) is 6.92 Å². The molecule has 0 bridgehead atoms. The Bertz CT molecular complexity index is 458. The largest absolute Gasteiger partial charge is 0.461 e. The molecule has 1 aromatic heterocycles. The number of hydrogen-bond acceptors (Lipinski definition) is 7.